The minimum absolute atomic E-state index is 0.0811. The third kappa shape index (κ3) is 2.56. The van der Waals surface area contributed by atoms with Gasteiger partial charge in [0.15, 0.2) is 0 Å². The number of rotatable bonds is 4. The van der Waals surface area contributed by atoms with Gasteiger partial charge in [-0.1, -0.05) is 0 Å². The summed E-state index contributed by atoms with van der Waals surface area (Å²) in [6, 6.07) is 1.50. The molecule has 0 radical (unpaired) electrons. The van der Waals surface area contributed by atoms with Crippen molar-refractivity contribution in [1.82, 2.24) is 0 Å². The molecule has 4 nitrogen and oxygen atoms in total. The molecule has 1 aromatic rings. The van der Waals surface area contributed by atoms with Gasteiger partial charge in [-0.05, 0) is 30.2 Å². The smallest absolute Gasteiger partial charge is 0.338 e. The normalized spacial score (nSPS) is 14.9. The summed E-state index contributed by atoms with van der Waals surface area (Å²) in [5.74, 6) is -0.571. The van der Waals surface area contributed by atoms with Crippen molar-refractivity contribution >= 4 is 28.2 Å². The number of carbonyl (C=O) groups is 2. The molecule has 1 amide bonds. The highest BCUT2D eigenvalue weighted by atomic mass is 32.1. The van der Waals surface area contributed by atoms with E-state index in [1.54, 1.807) is 5.38 Å². The molecule has 1 fully saturated rings. The van der Waals surface area contributed by atoms with Crippen molar-refractivity contribution in [2.45, 2.75) is 19.3 Å². The monoisotopic (exact) mass is 225 g/mol. The zero-order valence-electron chi connectivity index (χ0n) is 8.03. The van der Waals surface area contributed by atoms with E-state index in [-0.39, 0.29) is 11.5 Å². The molecular weight excluding hydrogens is 214 g/mol. The number of aromatic carboxylic acids is 1. The Morgan fingerprint density at radius 1 is 1.53 bits per heavy atom. The van der Waals surface area contributed by atoms with E-state index in [1.165, 1.54) is 17.4 Å². The fourth-order valence-electron chi connectivity index (χ4n) is 1.34. The van der Waals surface area contributed by atoms with Crippen LogP contribution in [0, 0.1) is 5.92 Å². The van der Waals surface area contributed by atoms with E-state index in [0.717, 1.165) is 12.8 Å². The Kier molecular flexibility index (Phi) is 2.73. The van der Waals surface area contributed by atoms with Gasteiger partial charge in [-0.3, -0.25) is 4.79 Å². The molecule has 2 rings (SSSR count). The number of hydrogen-bond acceptors (Lipinski definition) is 3. The summed E-state index contributed by atoms with van der Waals surface area (Å²) in [6.45, 7) is 0. The van der Waals surface area contributed by atoms with E-state index >= 15 is 0 Å². The molecule has 5 heteroatoms. The minimum atomic E-state index is -1.00. The summed E-state index contributed by atoms with van der Waals surface area (Å²) < 4.78 is 0. The molecule has 0 unspecified atom stereocenters. The third-order valence-electron chi connectivity index (χ3n) is 2.32. The van der Waals surface area contributed by atoms with Crippen LogP contribution in [0.2, 0.25) is 0 Å². The average molecular weight is 225 g/mol. The Bertz CT molecular complexity index is 395. The molecule has 80 valence electrons. The zero-order chi connectivity index (χ0) is 10.8. The average Bonchev–Trinajstić information content (AvgIpc) is 2.82. The first-order valence-corrected chi connectivity index (χ1v) is 5.65. The van der Waals surface area contributed by atoms with Crippen LogP contribution in [-0.2, 0) is 4.79 Å². The summed E-state index contributed by atoms with van der Waals surface area (Å²) in [6.07, 6.45) is 2.74. The molecule has 0 aromatic carbocycles. The van der Waals surface area contributed by atoms with Crippen molar-refractivity contribution in [1.29, 1.82) is 0 Å². The van der Waals surface area contributed by atoms with Crippen molar-refractivity contribution in [3.05, 3.63) is 17.0 Å². The molecular formula is C10H11NO3S. The molecule has 1 heterocycles. The Balaban J connectivity index is 1.99. The maximum Gasteiger partial charge on any atom is 0.338 e. The van der Waals surface area contributed by atoms with Crippen LogP contribution < -0.4 is 5.32 Å². The maximum absolute atomic E-state index is 11.4. The summed E-state index contributed by atoms with van der Waals surface area (Å²) in [4.78, 5) is 22.2. The second-order valence-electron chi connectivity index (χ2n) is 3.66. The van der Waals surface area contributed by atoms with Crippen LogP contribution in [0.15, 0.2) is 11.4 Å². The second-order valence-corrected chi connectivity index (χ2v) is 4.58. The number of carboxylic acids is 1. The standard InChI is InChI=1S/C10H11NO3S/c12-8(5-6-1-2-6)11-9-7(10(13)14)3-4-15-9/h3-4,6H,1-2,5H2,(H,11,12)(H,13,14). The molecule has 1 aliphatic carbocycles. The molecule has 0 aliphatic heterocycles. The van der Waals surface area contributed by atoms with E-state index in [9.17, 15) is 9.59 Å². The number of thiophene rings is 1. The van der Waals surface area contributed by atoms with Crippen LogP contribution in [0.5, 0.6) is 0 Å². The SMILES string of the molecule is O=C(CC1CC1)Nc1sccc1C(=O)O. The Morgan fingerprint density at radius 3 is 2.87 bits per heavy atom. The van der Waals surface area contributed by atoms with E-state index in [1.807, 2.05) is 0 Å². The number of nitrogens with one attached hydrogen (secondary N) is 1. The molecule has 0 spiro atoms. The Hall–Kier alpha value is -1.36. The van der Waals surface area contributed by atoms with Gasteiger partial charge >= 0.3 is 5.97 Å². The molecule has 15 heavy (non-hydrogen) atoms. The fourth-order valence-corrected chi connectivity index (χ4v) is 2.13. The summed E-state index contributed by atoms with van der Waals surface area (Å²) in [7, 11) is 0. The summed E-state index contributed by atoms with van der Waals surface area (Å²) >= 11 is 1.24. The van der Waals surface area contributed by atoms with E-state index in [4.69, 9.17) is 5.11 Å². The number of amides is 1. The molecule has 0 atom stereocenters. The topological polar surface area (TPSA) is 66.4 Å². The molecule has 0 bridgehead atoms. The first-order valence-electron chi connectivity index (χ1n) is 4.77. The molecule has 1 aromatic heterocycles. The van der Waals surface area contributed by atoms with Gasteiger partial charge in [0.1, 0.15) is 5.00 Å². The fraction of sp³-hybridized carbons (Fsp3) is 0.400. The first-order chi connectivity index (χ1) is 7.16. The Morgan fingerprint density at radius 2 is 2.27 bits per heavy atom. The Labute approximate surface area is 90.9 Å². The van der Waals surface area contributed by atoms with Crippen molar-refractivity contribution < 1.29 is 14.7 Å². The van der Waals surface area contributed by atoms with Crippen LogP contribution in [0.25, 0.3) is 0 Å². The van der Waals surface area contributed by atoms with Gasteiger partial charge in [0, 0.05) is 6.42 Å². The lowest BCUT2D eigenvalue weighted by Gasteiger charge is -2.02. The molecule has 2 N–H and O–H groups in total. The van der Waals surface area contributed by atoms with Crippen LogP contribution in [-0.4, -0.2) is 17.0 Å². The summed E-state index contributed by atoms with van der Waals surface area (Å²) in [5.41, 5.74) is 0.171. The van der Waals surface area contributed by atoms with Crippen molar-refractivity contribution in [3.63, 3.8) is 0 Å². The van der Waals surface area contributed by atoms with Gasteiger partial charge in [-0.15, -0.1) is 11.3 Å². The summed E-state index contributed by atoms with van der Waals surface area (Å²) in [5, 5.41) is 13.6. The van der Waals surface area contributed by atoms with E-state index in [0.29, 0.717) is 17.3 Å². The lowest BCUT2D eigenvalue weighted by atomic mass is 10.2. The van der Waals surface area contributed by atoms with Crippen molar-refractivity contribution in [3.8, 4) is 0 Å². The van der Waals surface area contributed by atoms with E-state index in [2.05, 4.69) is 5.32 Å². The third-order valence-corrected chi connectivity index (χ3v) is 3.15. The highest BCUT2D eigenvalue weighted by Crippen LogP contribution is 2.33. The highest BCUT2D eigenvalue weighted by Gasteiger charge is 2.25. The lowest BCUT2D eigenvalue weighted by molar-refractivity contribution is -0.116. The molecule has 1 saturated carbocycles. The van der Waals surface area contributed by atoms with E-state index < -0.39 is 5.97 Å². The van der Waals surface area contributed by atoms with Gasteiger partial charge in [0.25, 0.3) is 0 Å². The van der Waals surface area contributed by atoms with Gasteiger partial charge in [-0.2, -0.15) is 0 Å². The zero-order valence-corrected chi connectivity index (χ0v) is 8.84. The molecule has 0 saturated heterocycles. The lowest BCUT2D eigenvalue weighted by Crippen LogP contribution is -2.13. The van der Waals surface area contributed by atoms with Crippen molar-refractivity contribution in [2.24, 2.45) is 5.92 Å². The van der Waals surface area contributed by atoms with Gasteiger partial charge in [-0.25, -0.2) is 4.79 Å². The van der Waals surface area contributed by atoms with Crippen LogP contribution in [0.4, 0.5) is 5.00 Å². The number of carboxylic acid groups (broad SMARTS) is 1. The second kappa shape index (κ2) is 4.02. The molecule has 1 aliphatic rings. The highest BCUT2D eigenvalue weighted by molar-refractivity contribution is 7.14. The van der Waals surface area contributed by atoms with Crippen LogP contribution in [0.1, 0.15) is 29.6 Å². The minimum Gasteiger partial charge on any atom is -0.478 e. The first kappa shape index (κ1) is 10.2. The van der Waals surface area contributed by atoms with Gasteiger partial charge in [0.05, 0.1) is 5.56 Å². The quantitative estimate of drug-likeness (QED) is 0.825. The predicted octanol–water partition coefficient (Wildman–Crippen LogP) is 2.18. The maximum atomic E-state index is 11.4. The van der Waals surface area contributed by atoms with Gasteiger partial charge in [0.2, 0.25) is 5.91 Å². The van der Waals surface area contributed by atoms with Crippen molar-refractivity contribution in [2.75, 3.05) is 5.32 Å². The van der Waals surface area contributed by atoms with Gasteiger partial charge < -0.3 is 10.4 Å². The predicted molar refractivity (Wildman–Crippen MR) is 57.2 cm³/mol. The largest absolute Gasteiger partial charge is 0.478 e. The van der Waals surface area contributed by atoms with Crippen LogP contribution in [0.3, 0.4) is 0 Å². The number of carbonyl (C=O) groups excluding carboxylic acids is 1. The number of hydrogen-bond donors (Lipinski definition) is 2. The number of anilines is 1. The van der Waals surface area contributed by atoms with Crippen LogP contribution >= 0.6 is 11.3 Å².